The molecule has 0 fully saturated rings. The number of ether oxygens (including phenoxy) is 1. The minimum atomic E-state index is -3.08. The Balaban J connectivity index is 2.83. The van der Waals surface area contributed by atoms with Gasteiger partial charge in [-0.15, -0.1) is 0 Å². The van der Waals surface area contributed by atoms with Crippen molar-refractivity contribution in [3.05, 3.63) is 29.3 Å². The number of alkyl halides is 2. The largest absolute Gasteiger partial charge is 0.434 e. The van der Waals surface area contributed by atoms with E-state index in [1.54, 1.807) is 12.1 Å². The maximum atomic E-state index is 12.5. The average molecular weight is 363 g/mol. The number of hydrogen-bond acceptors (Lipinski definition) is 4. The normalized spacial score (nSPS) is 12.3. The second-order valence-electron chi connectivity index (χ2n) is 5.24. The molecule has 0 aliphatic heterocycles. The van der Waals surface area contributed by atoms with Crippen LogP contribution in [-0.2, 0) is 16.4 Å². The molecule has 136 valence electrons. The molecule has 0 saturated carbocycles. The van der Waals surface area contributed by atoms with Gasteiger partial charge < -0.3 is 15.4 Å². The number of benzene rings is 1. The molecule has 24 heavy (non-hydrogen) atoms. The number of guanidine groups is 1. The zero-order valence-corrected chi connectivity index (χ0v) is 14.8. The topological polar surface area (TPSA) is 79.8 Å². The predicted octanol–water partition coefficient (Wildman–Crippen LogP) is 1.70. The van der Waals surface area contributed by atoms with E-state index in [9.17, 15) is 17.2 Å². The molecule has 0 heterocycles. The summed E-state index contributed by atoms with van der Waals surface area (Å²) in [5.74, 6) is 0.457. The Labute approximate surface area is 141 Å². The Hall–Kier alpha value is -1.90. The smallest absolute Gasteiger partial charge is 0.387 e. The third-order valence-electron chi connectivity index (χ3n) is 2.95. The molecule has 6 nitrogen and oxygen atoms in total. The summed E-state index contributed by atoms with van der Waals surface area (Å²) in [4.78, 5) is 4.29. The van der Waals surface area contributed by atoms with Crippen LogP contribution in [0.15, 0.2) is 23.2 Å². The maximum Gasteiger partial charge on any atom is 0.387 e. The molecule has 0 atom stereocenters. The lowest BCUT2D eigenvalue weighted by atomic mass is 10.1. The van der Waals surface area contributed by atoms with Crippen LogP contribution in [0.4, 0.5) is 8.78 Å². The quantitative estimate of drug-likeness (QED) is 0.543. The van der Waals surface area contributed by atoms with Gasteiger partial charge in [0.25, 0.3) is 0 Å². The van der Waals surface area contributed by atoms with Crippen LogP contribution in [-0.4, -0.2) is 46.1 Å². The van der Waals surface area contributed by atoms with Crippen LogP contribution in [0.3, 0.4) is 0 Å². The third-order valence-corrected chi connectivity index (χ3v) is 3.89. The van der Waals surface area contributed by atoms with E-state index in [4.69, 9.17) is 0 Å². The molecule has 0 amide bonds. The monoisotopic (exact) mass is 363 g/mol. The Bertz CT molecular complexity index is 664. The van der Waals surface area contributed by atoms with E-state index in [1.807, 2.05) is 13.8 Å². The molecule has 0 aliphatic carbocycles. The molecule has 0 unspecified atom stereocenters. The Morgan fingerprint density at radius 3 is 2.62 bits per heavy atom. The van der Waals surface area contributed by atoms with E-state index in [1.165, 1.54) is 6.07 Å². The summed E-state index contributed by atoms with van der Waals surface area (Å²) in [6.45, 7) is 1.72. The highest BCUT2D eigenvalue weighted by Gasteiger charge is 2.10. The fourth-order valence-corrected chi connectivity index (χ4v) is 2.38. The van der Waals surface area contributed by atoms with Gasteiger partial charge in [-0.1, -0.05) is 17.7 Å². The van der Waals surface area contributed by atoms with Crippen LogP contribution in [0.1, 0.15) is 18.1 Å². The van der Waals surface area contributed by atoms with Crippen LogP contribution in [0, 0.1) is 6.92 Å². The van der Waals surface area contributed by atoms with Crippen molar-refractivity contribution in [1.82, 2.24) is 10.6 Å². The lowest BCUT2D eigenvalue weighted by Gasteiger charge is -2.13. The van der Waals surface area contributed by atoms with Crippen molar-refractivity contribution in [2.24, 2.45) is 4.99 Å². The number of hydrogen-bond donors (Lipinski definition) is 2. The first-order chi connectivity index (χ1) is 11.2. The summed E-state index contributed by atoms with van der Waals surface area (Å²) in [6, 6.07) is 4.89. The SMILES string of the molecule is CCNC(=NCc1cc(C)ccc1OC(F)F)NCCS(C)(=O)=O. The molecule has 1 rings (SSSR count). The molecule has 0 aromatic heterocycles. The van der Waals surface area contributed by atoms with Crippen molar-refractivity contribution < 1.29 is 21.9 Å². The van der Waals surface area contributed by atoms with Crippen molar-refractivity contribution in [1.29, 1.82) is 0 Å². The van der Waals surface area contributed by atoms with Gasteiger partial charge in [-0.25, -0.2) is 13.4 Å². The lowest BCUT2D eigenvalue weighted by Crippen LogP contribution is -2.39. The lowest BCUT2D eigenvalue weighted by molar-refractivity contribution is -0.0504. The third kappa shape index (κ3) is 8.09. The van der Waals surface area contributed by atoms with E-state index >= 15 is 0 Å². The van der Waals surface area contributed by atoms with Gasteiger partial charge >= 0.3 is 6.61 Å². The standard InChI is InChI=1S/C15H23F2N3O3S/c1-4-18-15(19-7-8-24(3,21)22)20-10-12-9-11(2)5-6-13(12)23-14(16)17/h5-6,9,14H,4,7-8,10H2,1-3H3,(H2,18,19,20). The van der Waals surface area contributed by atoms with Crippen LogP contribution >= 0.6 is 0 Å². The maximum absolute atomic E-state index is 12.5. The molecule has 2 N–H and O–H groups in total. The second-order valence-corrected chi connectivity index (χ2v) is 7.50. The molecular formula is C15H23F2N3O3S. The number of sulfone groups is 1. The summed E-state index contributed by atoms with van der Waals surface area (Å²) < 4.78 is 51.7. The van der Waals surface area contributed by atoms with Gasteiger partial charge in [0.15, 0.2) is 5.96 Å². The summed E-state index contributed by atoms with van der Waals surface area (Å²) in [5, 5.41) is 5.86. The minimum Gasteiger partial charge on any atom is -0.434 e. The molecule has 0 saturated heterocycles. The Morgan fingerprint density at radius 2 is 2.04 bits per heavy atom. The van der Waals surface area contributed by atoms with Gasteiger partial charge in [0.2, 0.25) is 0 Å². The zero-order chi connectivity index (χ0) is 18.2. The summed E-state index contributed by atoms with van der Waals surface area (Å²) >= 11 is 0. The van der Waals surface area contributed by atoms with E-state index in [0.717, 1.165) is 11.8 Å². The Kier molecular flexibility index (Phi) is 7.90. The van der Waals surface area contributed by atoms with E-state index in [2.05, 4.69) is 20.4 Å². The van der Waals surface area contributed by atoms with Gasteiger partial charge in [-0.05, 0) is 19.9 Å². The van der Waals surface area contributed by atoms with Crippen LogP contribution < -0.4 is 15.4 Å². The highest BCUT2D eigenvalue weighted by atomic mass is 32.2. The zero-order valence-electron chi connectivity index (χ0n) is 14.0. The van der Waals surface area contributed by atoms with Crippen molar-refractivity contribution in [3.8, 4) is 5.75 Å². The first kappa shape index (κ1) is 20.1. The summed E-state index contributed by atoms with van der Waals surface area (Å²) in [7, 11) is -3.08. The molecular weight excluding hydrogens is 340 g/mol. The van der Waals surface area contributed by atoms with Crippen LogP contribution in [0.2, 0.25) is 0 Å². The summed E-state index contributed by atoms with van der Waals surface area (Å²) in [5.41, 5.74) is 1.42. The van der Waals surface area contributed by atoms with Crippen molar-refractivity contribution in [2.75, 3.05) is 25.1 Å². The average Bonchev–Trinajstić information content (AvgIpc) is 2.45. The second kappa shape index (κ2) is 9.41. The van der Waals surface area contributed by atoms with E-state index in [-0.39, 0.29) is 24.6 Å². The number of aryl methyl sites for hydroxylation is 1. The fourth-order valence-electron chi connectivity index (χ4n) is 1.90. The number of rotatable bonds is 8. The van der Waals surface area contributed by atoms with Gasteiger partial charge in [-0.2, -0.15) is 8.78 Å². The van der Waals surface area contributed by atoms with Crippen molar-refractivity contribution in [2.45, 2.75) is 27.0 Å². The fraction of sp³-hybridized carbons (Fsp3) is 0.533. The van der Waals surface area contributed by atoms with Crippen LogP contribution in [0.5, 0.6) is 5.75 Å². The molecule has 0 radical (unpaired) electrons. The number of aliphatic imine (C=N–C) groups is 1. The number of nitrogens with one attached hydrogen (secondary N) is 2. The number of nitrogens with zero attached hydrogens (tertiary/aromatic N) is 1. The first-order valence-electron chi connectivity index (χ1n) is 7.45. The highest BCUT2D eigenvalue weighted by Crippen LogP contribution is 2.22. The predicted molar refractivity (Wildman–Crippen MR) is 90.3 cm³/mol. The van der Waals surface area contributed by atoms with Crippen LogP contribution in [0.25, 0.3) is 0 Å². The molecule has 0 bridgehead atoms. The Morgan fingerprint density at radius 1 is 1.33 bits per heavy atom. The van der Waals surface area contributed by atoms with Gasteiger partial charge in [-0.3, -0.25) is 0 Å². The van der Waals surface area contributed by atoms with Gasteiger partial charge in [0, 0.05) is 24.9 Å². The minimum absolute atomic E-state index is 0.0262. The van der Waals surface area contributed by atoms with E-state index < -0.39 is 16.4 Å². The highest BCUT2D eigenvalue weighted by molar-refractivity contribution is 7.90. The number of halogens is 2. The van der Waals surface area contributed by atoms with Crippen molar-refractivity contribution >= 4 is 15.8 Å². The molecule has 0 spiro atoms. The summed E-state index contributed by atoms with van der Waals surface area (Å²) in [6.07, 6.45) is 1.15. The molecule has 1 aromatic carbocycles. The molecule has 9 heteroatoms. The molecule has 0 aliphatic rings. The molecule has 1 aromatic rings. The van der Waals surface area contributed by atoms with E-state index in [0.29, 0.717) is 18.1 Å². The first-order valence-corrected chi connectivity index (χ1v) is 9.51. The van der Waals surface area contributed by atoms with Crippen molar-refractivity contribution in [3.63, 3.8) is 0 Å². The van der Waals surface area contributed by atoms with Gasteiger partial charge in [0.1, 0.15) is 15.6 Å². The van der Waals surface area contributed by atoms with Gasteiger partial charge in [0.05, 0.1) is 12.3 Å².